The van der Waals surface area contributed by atoms with Crippen molar-refractivity contribution in [2.45, 2.75) is 33.2 Å². The molecule has 6 heteroatoms. The van der Waals surface area contributed by atoms with Crippen molar-refractivity contribution in [2.24, 2.45) is 11.8 Å². The second-order valence-electron chi connectivity index (χ2n) is 5.48. The summed E-state index contributed by atoms with van der Waals surface area (Å²) in [6, 6.07) is 5.19. The number of amides is 2. The minimum absolute atomic E-state index is 0.0527. The maximum absolute atomic E-state index is 11.7. The SMILES string of the molecule is CC(C)CC(CNC(=O)NCc1ccccn1)CC(=O)O. The Hall–Kier alpha value is -2.11. The van der Waals surface area contributed by atoms with E-state index in [-0.39, 0.29) is 18.4 Å². The van der Waals surface area contributed by atoms with E-state index in [0.29, 0.717) is 19.0 Å². The average Bonchev–Trinajstić information content (AvgIpc) is 2.42. The van der Waals surface area contributed by atoms with Crippen molar-refractivity contribution >= 4 is 12.0 Å². The molecule has 0 saturated carbocycles. The molecule has 0 fully saturated rings. The van der Waals surface area contributed by atoms with Crippen molar-refractivity contribution in [3.8, 4) is 0 Å². The smallest absolute Gasteiger partial charge is 0.315 e. The zero-order valence-corrected chi connectivity index (χ0v) is 12.5. The Morgan fingerprint density at radius 3 is 2.62 bits per heavy atom. The summed E-state index contributed by atoms with van der Waals surface area (Å²) in [6.07, 6.45) is 2.51. The van der Waals surface area contributed by atoms with E-state index in [1.807, 2.05) is 32.0 Å². The number of hydrogen-bond donors (Lipinski definition) is 3. The molecule has 1 heterocycles. The summed E-state index contributed by atoms with van der Waals surface area (Å²) < 4.78 is 0. The normalized spacial score (nSPS) is 12.0. The van der Waals surface area contributed by atoms with Gasteiger partial charge >= 0.3 is 12.0 Å². The molecule has 116 valence electrons. The van der Waals surface area contributed by atoms with Crippen LogP contribution in [0.15, 0.2) is 24.4 Å². The van der Waals surface area contributed by atoms with E-state index in [1.54, 1.807) is 6.20 Å². The molecule has 0 aliphatic carbocycles. The number of carbonyl (C=O) groups excluding carboxylic acids is 1. The van der Waals surface area contributed by atoms with Gasteiger partial charge in [-0.2, -0.15) is 0 Å². The van der Waals surface area contributed by atoms with Crippen LogP contribution >= 0.6 is 0 Å². The third kappa shape index (κ3) is 7.91. The molecule has 0 aliphatic heterocycles. The summed E-state index contributed by atoms with van der Waals surface area (Å²) in [5.74, 6) is -0.493. The van der Waals surface area contributed by atoms with E-state index < -0.39 is 5.97 Å². The van der Waals surface area contributed by atoms with Crippen molar-refractivity contribution in [1.29, 1.82) is 0 Å². The number of hydrogen-bond acceptors (Lipinski definition) is 3. The minimum atomic E-state index is -0.837. The lowest BCUT2D eigenvalue weighted by atomic mass is 9.94. The fourth-order valence-corrected chi connectivity index (χ4v) is 2.13. The van der Waals surface area contributed by atoms with Crippen molar-refractivity contribution in [1.82, 2.24) is 15.6 Å². The molecule has 3 N–H and O–H groups in total. The molecule has 1 rings (SSSR count). The highest BCUT2D eigenvalue weighted by atomic mass is 16.4. The monoisotopic (exact) mass is 293 g/mol. The lowest BCUT2D eigenvalue weighted by molar-refractivity contribution is -0.138. The van der Waals surface area contributed by atoms with Crippen LogP contribution in [0.3, 0.4) is 0 Å². The molecule has 1 unspecified atom stereocenters. The van der Waals surface area contributed by atoms with Gasteiger partial charge in [0.25, 0.3) is 0 Å². The molecule has 2 amide bonds. The lowest BCUT2D eigenvalue weighted by Crippen LogP contribution is -2.38. The Morgan fingerprint density at radius 1 is 1.29 bits per heavy atom. The predicted molar refractivity (Wildman–Crippen MR) is 79.7 cm³/mol. The highest BCUT2D eigenvalue weighted by Crippen LogP contribution is 2.14. The van der Waals surface area contributed by atoms with Gasteiger partial charge < -0.3 is 15.7 Å². The summed E-state index contributed by atoms with van der Waals surface area (Å²) >= 11 is 0. The number of urea groups is 1. The first-order chi connectivity index (χ1) is 9.97. The fourth-order valence-electron chi connectivity index (χ4n) is 2.13. The molecule has 1 atom stereocenters. The van der Waals surface area contributed by atoms with E-state index >= 15 is 0 Å². The highest BCUT2D eigenvalue weighted by molar-refractivity contribution is 5.74. The maximum Gasteiger partial charge on any atom is 0.315 e. The first-order valence-corrected chi connectivity index (χ1v) is 7.10. The highest BCUT2D eigenvalue weighted by Gasteiger charge is 2.15. The Bertz CT molecular complexity index is 449. The predicted octanol–water partition coefficient (Wildman–Crippen LogP) is 2.02. The van der Waals surface area contributed by atoms with Gasteiger partial charge in [-0.1, -0.05) is 19.9 Å². The first kappa shape index (κ1) is 16.9. The largest absolute Gasteiger partial charge is 0.481 e. The molecule has 0 radical (unpaired) electrons. The molecule has 0 saturated heterocycles. The Labute approximate surface area is 125 Å². The number of aliphatic carboxylic acids is 1. The Morgan fingerprint density at radius 2 is 2.05 bits per heavy atom. The van der Waals surface area contributed by atoms with Crippen LogP contribution in [-0.4, -0.2) is 28.6 Å². The van der Waals surface area contributed by atoms with Crippen LogP contribution in [0.2, 0.25) is 0 Å². The van der Waals surface area contributed by atoms with E-state index in [1.165, 1.54) is 0 Å². The number of carboxylic acids is 1. The van der Waals surface area contributed by atoms with Crippen LogP contribution in [0.25, 0.3) is 0 Å². The van der Waals surface area contributed by atoms with Crippen molar-refractivity contribution in [3.63, 3.8) is 0 Å². The number of nitrogens with one attached hydrogen (secondary N) is 2. The van der Waals surface area contributed by atoms with Gasteiger partial charge in [-0.05, 0) is 30.4 Å². The van der Waals surface area contributed by atoms with Crippen molar-refractivity contribution in [3.05, 3.63) is 30.1 Å². The number of pyridine rings is 1. The number of carboxylic acid groups (broad SMARTS) is 1. The summed E-state index contributed by atoms with van der Waals surface area (Å²) in [5, 5.41) is 14.3. The van der Waals surface area contributed by atoms with Crippen LogP contribution in [-0.2, 0) is 11.3 Å². The second kappa shape index (κ2) is 8.94. The minimum Gasteiger partial charge on any atom is -0.481 e. The molecule has 21 heavy (non-hydrogen) atoms. The third-order valence-electron chi connectivity index (χ3n) is 2.98. The van der Waals surface area contributed by atoms with E-state index in [2.05, 4.69) is 15.6 Å². The molecular formula is C15H23N3O3. The third-order valence-corrected chi connectivity index (χ3v) is 2.98. The van der Waals surface area contributed by atoms with Crippen LogP contribution in [0.4, 0.5) is 4.79 Å². The molecular weight excluding hydrogens is 270 g/mol. The quantitative estimate of drug-likeness (QED) is 0.684. The van der Waals surface area contributed by atoms with Gasteiger partial charge in [0.05, 0.1) is 12.2 Å². The lowest BCUT2D eigenvalue weighted by Gasteiger charge is -2.18. The van der Waals surface area contributed by atoms with Gasteiger partial charge in [-0.3, -0.25) is 9.78 Å². The van der Waals surface area contributed by atoms with Gasteiger partial charge in [0.1, 0.15) is 0 Å². The van der Waals surface area contributed by atoms with Crippen molar-refractivity contribution < 1.29 is 14.7 Å². The van der Waals surface area contributed by atoms with Gasteiger partial charge in [-0.15, -0.1) is 0 Å². The van der Waals surface area contributed by atoms with Crippen LogP contribution in [0.5, 0.6) is 0 Å². The maximum atomic E-state index is 11.7. The number of nitrogens with zero attached hydrogens (tertiary/aromatic N) is 1. The standard InChI is InChI=1S/C15H23N3O3/c1-11(2)7-12(8-14(19)20)9-17-15(21)18-10-13-5-3-4-6-16-13/h3-6,11-12H,7-10H2,1-2H3,(H,19,20)(H2,17,18,21). The van der Waals surface area contributed by atoms with Gasteiger partial charge in [0.2, 0.25) is 0 Å². The zero-order chi connectivity index (χ0) is 15.7. The molecule has 6 nitrogen and oxygen atoms in total. The molecule has 0 aromatic carbocycles. The number of aromatic nitrogens is 1. The van der Waals surface area contributed by atoms with Crippen LogP contribution < -0.4 is 10.6 Å². The second-order valence-corrected chi connectivity index (χ2v) is 5.48. The number of rotatable bonds is 8. The van der Waals surface area contributed by atoms with Gasteiger partial charge in [0, 0.05) is 19.2 Å². The summed E-state index contributed by atoms with van der Waals surface area (Å²) in [5.41, 5.74) is 0.775. The summed E-state index contributed by atoms with van der Waals surface area (Å²) in [6.45, 7) is 4.78. The Balaban J connectivity index is 2.33. The first-order valence-electron chi connectivity index (χ1n) is 7.10. The van der Waals surface area contributed by atoms with E-state index in [0.717, 1.165) is 12.1 Å². The van der Waals surface area contributed by atoms with Gasteiger partial charge in [-0.25, -0.2) is 4.79 Å². The van der Waals surface area contributed by atoms with Crippen LogP contribution in [0, 0.1) is 11.8 Å². The zero-order valence-electron chi connectivity index (χ0n) is 12.5. The molecule has 0 spiro atoms. The molecule has 0 aliphatic rings. The fraction of sp³-hybridized carbons (Fsp3) is 0.533. The average molecular weight is 293 g/mol. The van der Waals surface area contributed by atoms with E-state index in [9.17, 15) is 9.59 Å². The van der Waals surface area contributed by atoms with Gasteiger partial charge in [0.15, 0.2) is 0 Å². The summed E-state index contributed by atoms with van der Waals surface area (Å²) in [7, 11) is 0. The number of carbonyl (C=O) groups is 2. The molecule has 1 aromatic heterocycles. The van der Waals surface area contributed by atoms with Crippen LogP contribution in [0.1, 0.15) is 32.4 Å². The molecule has 0 bridgehead atoms. The topological polar surface area (TPSA) is 91.3 Å². The summed E-state index contributed by atoms with van der Waals surface area (Å²) in [4.78, 5) is 26.6. The molecule has 1 aromatic rings. The van der Waals surface area contributed by atoms with E-state index in [4.69, 9.17) is 5.11 Å². The van der Waals surface area contributed by atoms with Crippen molar-refractivity contribution in [2.75, 3.05) is 6.54 Å². The Kier molecular flexibility index (Phi) is 7.21.